The molecule has 0 aromatic heterocycles. The van der Waals surface area contributed by atoms with Crippen molar-refractivity contribution >= 4 is 11.9 Å². The Balaban J connectivity index is 2.33. The Morgan fingerprint density at radius 1 is 1.11 bits per heavy atom. The zero-order chi connectivity index (χ0) is 13.4. The van der Waals surface area contributed by atoms with Crippen LogP contribution >= 0.6 is 0 Å². The van der Waals surface area contributed by atoms with E-state index in [1.165, 1.54) is 26.4 Å². The van der Waals surface area contributed by atoms with Gasteiger partial charge in [0, 0.05) is 5.57 Å². The van der Waals surface area contributed by atoms with Crippen molar-refractivity contribution in [1.29, 1.82) is 0 Å². The molecule has 0 spiro atoms. The van der Waals surface area contributed by atoms with Gasteiger partial charge in [0.1, 0.15) is 6.10 Å². The summed E-state index contributed by atoms with van der Waals surface area (Å²) < 4.78 is 9.88. The van der Waals surface area contributed by atoms with Crippen LogP contribution in [0.25, 0.3) is 0 Å². The second-order valence-corrected chi connectivity index (χ2v) is 4.73. The molecule has 1 fully saturated rings. The van der Waals surface area contributed by atoms with E-state index in [0.29, 0.717) is 0 Å². The summed E-state index contributed by atoms with van der Waals surface area (Å²) in [6.07, 6.45) is 7.69. The number of ether oxygens (including phenoxy) is 2. The van der Waals surface area contributed by atoms with Crippen molar-refractivity contribution in [1.82, 2.24) is 0 Å². The molecule has 0 saturated heterocycles. The SMILES string of the molecule is C=C(CC(=O)OC1CCCCCCC1)C(=O)OC. The van der Waals surface area contributed by atoms with Gasteiger partial charge in [0.15, 0.2) is 0 Å². The van der Waals surface area contributed by atoms with Gasteiger partial charge in [-0.3, -0.25) is 4.79 Å². The summed E-state index contributed by atoms with van der Waals surface area (Å²) >= 11 is 0. The molecular formula is C14H22O4. The number of rotatable bonds is 4. The van der Waals surface area contributed by atoms with Crippen LogP contribution < -0.4 is 0 Å². The average molecular weight is 254 g/mol. The molecule has 0 aromatic carbocycles. The maximum absolute atomic E-state index is 11.6. The van der Waals surface area contributed by atoms with E-state index < -0.39 is 5.97 Å². The first-order valence-electron chi connectivity index (χ1n) is 6.59. The van der Waals surface area contributed by atoms with E-state index in [-0.39, 0.29) is 24.1 Å². The van der Waals surface area contributed by atoms with Gasteiger partial charge >= 0.3 is 11.9 Å². The Morgan fingerprint density at radius 3 is 2.22 bits per heavy atom. The highest BCUT2D eigenvalue weighted by atomic mass is 16.5. The third kappa shape index (κ3) is 5.34. The normalized spacial score (nSPS) is 17.4. The predicted molar refractivity (Wildman–Crippen MR) is 68.0 cm³/mol. The first-order chi connectivity index (χ1) is 8.63. The average Bonchev–Trinajstić information content (AvgIpc) is 2.31. The Kier molecular flexibility index (Phi) is 6.47. The molecule has 0 aromatic rings. The van der Waals surface area contributed by atoms with Crippen LogP contribution in [0.15, 0.2) is 12.2 Å². The highest BCUT2D eigenvalue weighted by Gasteiger charge is 2.18. The highest BCUT2D eigenvalue weighted by Crippen LogP contribution is 2.20. The number of hydrogen-bond acceptors (Lipinski definition) is 4. The predicted octanol–water partition coefficient (Wildman–Crippen LogP) is 2.76. The molecule has 1 aliphatic rings. The molecule has 0 radical (unpaired) electrons. The van der Waals surface area contributed by atoms with Gasteiger partial charge in [0.2, 0.25) is 0 Å². The third-order valence-electron chi connectivity index (χ3n) is 3.18. The topological polar surface area (TPSA) is 52.6 Å². The first-order valence-corrected chi connectivity index (χ1v) is 6.59. The molecule has 18 heavy (non-hydrogen) atoms. The number of carbonyl (C=O) groups excluding carboxylic acids is 2. The van der Waals surface area contributed by atoms with Gasteiger partial charge in [-0.2, -0.15) is 0 Å². The molecule has 0 N–H and O–H groups in total. The maximum atomic E-state index is 11.6. The van der Waals surface area contributed by atoms with Crippen molar-refractivity contribution in [2.75, 3.05) is 7.11 Å². The van der Waals surface area contributed by atoms with E-state index in [1.807, 2.05) is 0 Å². The van der Waals surface area contributed by atoms with Crippen LogP contribution in [-0.2, 0) is 19.1 Å². The van der Waals surface area contributed by atoms with Crippen LogP contribution in [0.1, 0.15) is 51.4 Å². The van der Waals surface area contributed by atoms with Gasteiger partial charge in [-0.05, 0) is 25.7 Å². The third-order valence-corrected chi connectivity index (χ3v) is 3.18. The molecule has 0 unspecified atom stereocenters. The van der Waals surface area contributed by atoms with E-state index in [2.05, 4.69) is 11.3 Å². The summed E-state index contributed by atoms with van der Waals surface area (Å²) in [6, 6.07) is 0. The lowest BCUT2D eigenvalue weighted by Gasteiger charge is -2.20. The summed E-state index contributed by atoms with van der Waals surface area (Å²) in [5, 5.41) is 0. The molecule has 0 heterocycles. The summed E-state index contributed by atoms with van der Waals surface area (Å²) in [6.45, 7) is 3.52. The van der Waals surface area contributed by atoms with Crippen molar-refractivity contribution in [2.45, 2.75) is 57.5 Å². The second kappa shape index (κ2) is 7.90. The molecule has 102 valence electrons. The Bertz CT molecular complexity index is 301. The minimum absolute atomic E-state index is 0.00301. The lowest BCUT2D eigenvalue weighted by atomic mass is 9.98. The van der Waals surface area contributed by atoms with Gasteiger partial charge < -0.3 is 9.47 Å². The van der Waals surface area contributed by atoms with Crippen molar-refractivity contribution in [3.8, 4) is 0 Å². The van der Waals surface area contributed by atoms with Crippen LogP contribution in [0.4, 0.5) is 0 Å². The van der Waals surface area contributed by atoms with Gasteiger partial charge in [-0.25, -0.2) is 4.79 Å². The quantitative estimate of drug-likeness (QED) is 0.572. The monoisotopic (exact) mass is 254 g/mol. The van der Waals surface area contributed by atoms with Crippen molar-refractivity contribution in [2.24, 2.45) is 0 Å². The van der Waals surface area contributed by atoms with Gasteiger partial charge in [0.05, 0.1) is 13.5 Å². The number of esters is 2. The van der Waals surface area contributed by atoms with E-state index >= 15 is 0 Å². The fourth-order valence-corrected chi connectivity index (χ4v) is 2.15. The molecule has 1 saturated carbocycles. The Morgan fingerprint density at radius 2 is 1.67 bits per heavy atom. The van der Waals surface area contributed by atoms with E-state index in [1.54, 1.807) is 0 Å². The molecule has 0 bridgehead atoms. The second-order valence-electron chi connectivity index (χ2n) is 4.73. The van der Waals surface area contributed by atoms with Gasteiger partial charge in [-0.1, -0.05) is 25.8 Å². The zero-order valence-electron chi connectivity index (χ0n) is 11.1. The molecule has 0 aliphatic heterocycles. The number of carbonyl (C=O) groups is 2. The standard InChI is InChI=1S/C14H22O4/c1-11(14(16)17-2)10-13(15)18-12-8-6-4-3-5-7-9-12/h12H,1,3-10H2,2H3. The zero-order valence-corrected chi connectivity index (χ0v) is 11.1. The van der Waals surface area contributed by atoms with Crippen LogP contribution in [0.2, 0.25) is 0 Å². The lowest BCUT2D eigenvalue weighted by molar-refractivity contribution is -0.150. The van der Waals surface area contributed by atoms with E-state index in [0.717, 1.165) is 25.7 Å². The lowest BCUT2D eigenvalue weighted by Crippen LogP contribution is -2.20. The minimum atomic E-state index is -0.551. The van der Waals surface area contributed by atoms with Crippen molar-refractivity contribution < 1.29 is 19.1 Å². The smallest absolute Gasteiger partial charge is 0.333 e. The van der Waals surface area contributed by atoms with Crippen LogP contribution in [-0.4, -0.2) is 25.2 Å². The maximum Gasteiger partial charge on any atom is 0.333 e. The fraction of sp³-hybridized carbons (Fsp3) is 0.714. The highest BCUT2D eigenvalue weighted by molar-refractivity contribution is 5.93. The number of methoxy groups -OCH3 is 1. The molecular weight excluding hydrogens is 232 g/mol. The summed E-state index contributed by atoms with van der Waals surface area (Å²) in [4.78, 5) is 22.8. The molecule has 0 amide bonds. The summed E-state index contributed by atoms with van der Waals surface area (Å²) in [5.41, 5.74) is 0.147. The van der Waals surface area contributed by atoms with Crippen molar-refractivity contribution in [3.63, 3.8) is 0 Å². The van der Waals surface area contributed by atoms with Crippen LogP contribution in [0, 0.1) is 0 Å². The summed E-state index contributed by atoms with van der Waals surface area (Å²) in [7, 11) is 1.27. The minimum Gasteiger partial charge on any atom is -0.466 e. The van der Waals surface area contributed by atoms with E-state index in [4.69, 9.17) is 4.74 Å². The van der Waals surface area contributed by atoms with Gasteiger partial charge in [0.25, 0.3) is 0 Å². The van der Waals surface area contributed by atoms with Crippen LogP contribution in [0.5, 0.6) is 0 Å². The molecule has 4 heteroatoms. The molecule has 1 aliphatic carbocycles. The molecule has 1 rings (SSSR count). The Hall–Kier alpha value is -1.32. The van der Waals surface area contributed by atoms with E-state index in [9.17, 15) is 9.59 Å². The first kappa shape index (κ1) is 14.7. The fourth-order valence-electron chi connectivity index (χ4n) is 2.15. The Labute approximate surface area is 108 Å². The summed E-state index contributed by atoms with van der Waals surface area (Å²) in [5.74, 6) is -0.930. The molecule has 4 nitrogen and oxygen atoms in total. The molecule has 0 atom stereocenters. The largest absolute Gasteiger partial charge is 0.466 e. The van der Waals surface area contributed by atoms with Gasteiger partial charge in [-0.15, -0.1) is 0 Å². The number of hydrogen-bond donors (Lipinski definition) is 0. The van der Waals surface area contributed by atoms with Crippen LogP contribution in [0.3, 0.4) is 0 Å². The van der Waals surface area contributed by atoms with Crippen molar-refractivity contribution in [3.05, 3.63) is 12.2 Å².